The molecule has 0 aliphatic rings. The predicted molar refractivity (Wildman–Crippen MR) is 90.8 cm³/mol. The molecular formula is C17H16BrNO4. The SMILES string of the molecule is COc1ccccc1C(=O)OCC(=O)Nc1ccc(Br)cc1C. The lowest BCUT2D eigenvalue weighted by Crippen LogP contribution is -2.21. The number of para-hydroxylation sites is 1. The van der Waals surface area contributed by atoms with Crippen LogP contribution in [0.3, 0.4) is 0 Å². The van der Waals surface area contributed by atoms with Crippen molar-refractivity contribution >= 4 is 33.5 Å². The van der Waals surface area contributed by atoms with Gasteiger partial charge in [0.25, 0.3) is 5.91 Å². The van der Waals surface area contributed by atoms with Gasteiger partial charge in [0.15, 0.2) is 6.61 Å². The van der Waals surface area contributed by atoms with Gasteiger partial charge in [-0.25, -0.2) is 4.79 Å². The number of ether oxygens (including phenoxy) is 2. The van der Waals surface area contributed by atoms with Gasteiger partial charge in [-0.1, -0.05) is 28.1 Å². The number of carbonyl (C=O) groups excluding carboxylic acids is 2. The van der Waals surface area contributed by atoms with E-state index in [9.17, 15) is 9.59 Å². The maximum atomic E-state index is 12.0. The summed E-state index contributed by atoms with van der Waals surface area (Å²) in [7, 11) is 1.47. The summed E-state index contributed by atoms with van der Waals surface area (Å²) in [5.41, 5.74) is 1.86. The molecule has 0 aliphatic heterocycles. The number of nitrogens with one attached hydrogen (secondary N) is 1. The van der Waals surface area contributed by atoms with Gasteiger partial charge in [0.1, 0.15) is 11.3 Å². The van der Waals surface area contributed by atoms with Gasteiger partial charge in [0, 0.05) is 10.2 Å². The monoisotopic (exact) mass is 377 g/mol. The molecule has 0 unspecified atom stereocenters. The smallest absolute Gasteiger partial charge is 0.342 e. The Morgan fingerprint density at radius 3 is 2.61 bits per heavy atom. The van der Waals surface area contributed by atoms with Crippen molar-refractivity contribution in [2.45, 2.75) is 6.92 Å². The van der Waals surface area contributed by atoms with E-state index in [1.165, 1.54) is 7.11 Å². The van der Waals surface area contributed by atoms with Gasteiger partial charge >= 0.3 is 5.97 Å². The molecule has 0 aliphatic carbocycles. The summed E-state index contributed by atoms with van der Waals surface area (Å²) in [5.74, 6) is -0.606. The molecule has 1 N–H and O–H groups in total. The van der Waals surface area contributed by atoms with E-state index in [0.717, 1.165) is 10.0 Å². The van der Waals surface area contributed by atoms with Crippen molar-refractivity contribution in [1.82, 2.24) is 0 Å². The molecule has 0 atom stereocenters. The topological polar surface area (TPSA) is 64.6 Å². The number of carbonyl (C=O) groups is 2. The molecule has 2 aromatic rings. The molecule has 0 saturated heterocycles. The Hall–Kier alpha value is -2.34. The minimum atomic E-state index is -0.606. The molecular weight excluding hydrogens is 362 g/mol. The fraction of sp³-hybridized carbons (Fsp3) is 0.176. The molecule has 0 fully saturated rings. The van der Waals surface area contributed by atoms with Gasteiger partial charge < -0.3 is 14.8 Å². The standard InChI is InChI=1S/C17H16BrNO4/c1-11-9-12(18)7-8-14(11)19-16(20)10-23-17(21)13-5-3-4-6-15(13)22-2/h3-9H,10H2,1-2H3,(H,19,20). The Morgan fingerprint density at radius 1 is 1.17 bits per heavy atom. The average molecular weight is 378 g/mol. The summed E-state index contributed by atoms with van der Waals surface area (Å²) in [6.45, 7) is 1.51. The number of hydrogen-bond acceptors (Lipinski definition) is 4. The predicted octanol–water partition coefficient (Wildman–Crippen LogP) is 3.56. The number of methoxy groups -OCH3 is 1. The van der Waals surface area contributed by atoms with Crippen LogP contribution in [-0.4, -0.2) is 25.6 Å². The lowest BCUT2D eigenvalue weighted by atomic mass is 10.2. The van der Waals surface area contributed by atoms with Crippen LogP contribution in [0.5, 0.6) is 5.75 Å². The van der Waals surface area contributed by atoms with Crippen molar-refractivity contribution in [3.8, 4) is 5.75 Å². The van der Waals surface area contributed by atoms with Crippen LogP contribution in [0, 0.1) is 6.92 Å². The normalized spacial score (nSPS) is 10.0. The van der Waals surface area contributed by atoms with Crippen LogP contribution in [0.2, 0.25) is 0 Å². The van der Waals surface area contributed by atoms with Crippen LogP contribution in [-0.2, 0) is 9.53 Å². The number of aryl methyl sites for hydroxylation is 1. The molecule has 2 rings (SSSR count). The quantitative estimate of drug-likeness (QED) is 0.809. The molecule has 23 heavy (non-hydrogen) atoms. The molecule has 5 nitrogen and oxygen atoms in total. The first-order valence-corrected chi connectivity index (χ1v) is 7.66. The zero-order valence-electron chi connectivity index (χ0n) is 12.8. The van der Waals surface area contributed by atoms with Crippen molar-refractivity contribution in [1.29, 1.82) is 0 Å². The largest absolute Gasteiger partial charge is 0.496 e. The number of amides is 1. The number of halogens is 1. The summed E-state index contributed by atoms with van der Waals surface area (Å²) in [6.07, 6.45) is 0. The minimum absolute atomic E-state index is 0.280. The Kier molecular flexibility index (Phi) is 5.76. The second-order valence-electron chi connectivity index (χ2n) is 4.78. The summed E-state index contributed by atoms with van der Waals surface area (Å²) >= 11 is 3.36. The van der Waals surface area contributed by atoms with Gasteiger partial charge in [-0.05, 0) is 42.8 Å². The summed E-state index contributed by atoms with van der Waals surface area (Å²) in [6, 6.07) is 12.2. The second-order valence-corrected chi connectivity index (χ2v) is 5.70. The minimum Gasteiger partial charge on any atom is -0.496 e. The first-order valence-electron chi connectivity index (χ1n) is 6.87. The van der Waals surface area contributed by atoms with Crippen LogP contribution < -0.4 is 10.1 Å². The Labute approximate surface area is 142 Å². The van der Waals surface area contributed by atoms with E-state index in [4.69, 9.17) is 9.47 Å². The highest BCUT2D eigenvalue weighted by Gasteiger charge is 2.15. The highest BCUT2D eigenvalue weighted by atomic mass is 79.9. The van der Waals surface area contributed by atoms with Crippen molar-refractivity contribution in [3.63, 3.8) is 0 Å². The average Bonchev–Trinajstić information content (AvgIpc) is 2.55. The Bertz CT molecular complexity index is 730. The molecule has 0 saturated carbocycles. The molecule has 1 amide bonds. The van der Waals surface area contributed by atoms with E-state index < -0.39 is 11.9 Å². The molecule has 0 radical (unpaired) electrons. The fourth-order valence-corrected chi connectivity index (χ4v) is 2.45. The highest BCUT2D eigenvalue weighted by molar-refractivity contribution is 9.10. The van der Waals surface area contributed by atoms with E-state index in [0.29, 0.717) is 11.4 Å². The van der Waals surface area contributed by atoms with Crippen LogP contribution in [0.25, 0.3) is 0 Å². The van der Waals surface area contributed by atoms with Gasteiger partial charge in [0.05, 0.1) is 7.11 Å². The van der Waals surface area contributed by atoms with Gasteiger partial charge in [-0.2, -0.15) is 0 Å². The van der Waals surface area contributed by atoms with Crippen LogP contribution in [0.1, 0.15) is 15.9 Å². The third-order valence-corrected chi connectivity index (χ3v) is 3.62. The zero-order chi connectivity index (χ0) is 16.8. The lowest BCUT2D eigenvalue weighted by Gasteiger charge is -2.10. The zero-order valence-corrected chi connectivity index (χ0v) is 14.3. The molecule has 2 aromatic carbocycles. The van der Waals surface area contributed by atoms with E-state index in [-0.39, 0.29) is 12.2 Å². The molecule has 6 heteroatoms. The second kappa shape index (κ2) is 7.78. The van der Waals surface area contributed by atoms with Crippen molar-refractivity contribution in [2.24, 2.45) is 0 Å². The van der Waals surface area contributed by atoms with Crippen molar-refractivity contribution in [3.05, 3.63) is 58.1 Å². The first-order chi connectivity index (χ1) is 11.0. The number of rotatable bonds is 5. The van der Waals surface area contributed by atoms with Crippen LogP contribution in [0.4, 0.5) is 5.69 Å². The number of esters is 1. The van der Waals surface area contributed by atoms with E-state index in [1.54, 1.807) is 30.3 Å². The molecule has 0 bridgehead atoms. The van der Waals surface area contributed by atoms with Crippen molar-refractivity contribution < 1.29 is 19.1 Å². The van der Waals surface area contributed by atoms with E-state index >= 15 is 0 Å². The molecule has 0 heterocycles. The third-order valence-electron chi connectivity index (χ3n) is 3.12. The van der Waals surface area contributed by atoms with E-state index in [2.05, 4.69) is 21.2 Å². The van der Waals surface area contributed by atoms with Gasteiger partial charge in [-0.3, -0.25) is 4.79 Å². The fourth-order valence-electron chi connectivity index (χ4n) is 1.98. The maximum Gasteiger partial charge on any atom is 0.342 e. The number of benzene rings is 2. The molecule has 120 valence electrons. The highest BCUT2D eigenvalue weighted by Crippen LogP contribution is 2.20. The Balaban J connectivity index is 1.95. The van der Waals surface area contributed by atoms with Gasteiger partial charge in [0.2, 0.25) is 0 Å². The summed E-state index contributed by atoms with van der Waals surface area (Å²) in [4.78, 5) is 23.9. The third kappa shape index (κ3) is 4.56. The summed E-state index contributed by atoms with van der Waals surface area (Å²) in [5, 5.41) is 2.70. The molecule has 0 spiro atoms. The van der Waals surface area contributed by atoms with Crippen LogP contribution >= 0.6 is 15.9 Å². The maximum absolute atomic E-state index is 12.0. The number of hydrogen-bond donors (Lipinski definition) is 1. The molecule has 0 aromatic heterocycles. The number of anilines is 1. The Morgan fingerprint density at radius 2 is 1.91 bits per heavy atom. The first kappa shape index (κ1) is 17.0. The van der Waals surface area contributed by atoms with Crippen molar-refractivity contribution in [2.75, 3.05) is 19.0 Å². The van der Waals surface area contributed by atoms with Crippen LogP contribution in [0.15, 0.2) is 46.9 Å². The summed E-state index contributed by atoms with van der Waals surface area (Å²) < 4.78 is 11.0. The van der Waals surface area contributed by atoms with Gasteiger partial charge in [-0.15, -0.1) is 0 Å². The lowest BCUT2D eigenvalue weighted by molar-refractivity contribution is -0.119. The van der Waals surface area contributed by atoms with E-state index in [1.807, 2.05) is 19.1 Å².